The summed E-state index contributed by atoms with van der Waals surface area (Å²) in [7, 11) is 0. The van der Waals surface area contributed by atoms with E-state index in [1.165, 1.54) is 0 Å². The Morgan fingerprint density at radius 3 is 2.68 bits per heavy atom. The molecule has 3 aromatic carbocycles. The van der Waals surface area contributed by atoms with Gasteiger partial charge in [0.2, 0.25) is 0 Å². The number of piperidine rings is 1. The fourth-order valence-corrected chi connectivity index (χ4v) is 4.56. The van der Waals surface area contributed by atoms with E-state index in [0.717, 1.165) is 53.4 Å². The maximum Gasteiger partial charge on any atom is 0.255 e. The van der Waals surface area contributed by atoms with Crippen molar-refractivity contribution < 1.29 is 9.53 Å². The highest BCUT2D eigenvalue weighted by atomic mass is 16.5. The first-order chi connectivity index (χ1) is 17.9. The van der Waals surface area contributed by atoms with Crippen LogP contribution in [0.15, 0.2) is 79.3 Å². The standard InChI is InChI=1S/C30H31N5O2/c1-21-10-11-24(15-29(21)37-28-8-4-3-5-9-28)30(36)33-26-13-23(18-34-12-6-7-25(31)19-34)14-27(16-26)35-17-22(2)32-20-35/h3-5,8-11,13-17,20,31H,6-7,12,18-19H2,1-2H3,(H,33,36). The molecule has 37 heavy (non-hydrogen) atoms. The molecule has 1 fully saturated rings. The van der Waals surface area contributed by atoms with Gasteiger partial charge in [-0.15, -0.1) is 0 Å². The number of hydrogen-bond acceptors (Lipinski definition) is 5. The van der Waals surface area contributed by atoms with E-state index >= 15 is 0 Å². The van der Waals surface area contributed by atoms with E-state index in [0.29, 0.717) is 30.1 Å². The second kappa shape index (κ2) is 10.8. The lowest BCUT2D eigenvalue weighted by molar-refractivity contribution is 0.102. The van der Waals surface area contributed by atoms with Crippen molar-refractivity contribution in [1.29, 1.82) is 5.41 Å². The van der Waals surface area contributed by atoms with Crippen molar-refractivity contribution in [3.05, 3.63) is 102 Å². The molecule has 0 atom stereocenters. The van der Waals surface area contributed by atoms with Crippen LogP contribution in [-0.4, -0.2) is 39.2 Å². The van der Waals surface area contributed by atoms with Crippen molar-refractivity contribution in [3.8, 4) is 17.2 Å². The SMILES string of the molecule is Cc1cn(-c2cc(CN3CCCC(=N)C3)cc(NC(=O)c3ccc(C)c(Oc4ccccc4)c3)c2)cn1. The van der Waals surface area contributed by atoms with Crippen LogP contribution in [0.25, 0.3) is 5.69 Å². The molecule has 0 saturated carbocycles. The van der Waals surface area contributed by atoms with Gasteiger partial charge >= 0.3 is 0 Å². The van der Waals surface area contributed by atoms with E-state index < -0.39 is 0 Å². The van der Waals surface area contributed by atoms with Gasteiger partial charge in [0.1, 0.15) is 11.5 Å². The van der Waals surface area contributed by atoms with Crippen LogP contribution in [0.2, 0.25) is 0 Å². The van der Waals surface area contributed by atoms with Crippen molar-refractivity contribution >= 4 is 17.3 Å². The maximum atomic E-state index is 13.3. The molecule has 1 aliphatic rings. The van der Waals surface area contributed by atoms with Gasteiger partial charge in [0, 0.05) is 41.9 Å². The number of nitrogens with zero attached hydrogens (tertiary/aromatic N) is 3. The van der Waals surface area contributed by atoms with Crippen LogP contribution in [-0.2, 0) is 6.54 Å². The van der Waals surface area contributed by atoms with Crippen molar-refractivity contribution in [2.75, 3.05) is 18.4 Å². The van der Waals surface area contributed by atoms with E-state index in [1.807, 2.05) is 79.2 Å². The molecule has 4 aromatic rings. The van der Waals surface area contributed by atoms with Gasteiger partial charge in [0.15, 0.2) is 0 Å². The highest BCUT2D eigenvalue weighted by Gasteiger charge is 2.16. The Bertz CT molecular complexity index is 1430. The first-order valence-corrected chi connectivity index (χ1v) is 12.5. The van der Waals surface area contributed by atoms with E-state index in [1.54, 1.807) is 12.4 Å². The fourth-order valence-electron chi connectivity index (χ4n) is 4.56. The van der Waals surface area contributed by atoms with Gasteiger partial charge in [-0.2, -0.15) is 0 Å². The van der Waals surface area contributed by atoms with Gasteiger partial charge in [0.25, 0.3) is 5.91 Å². The maximum absolute atomic E-state index is 13.3. The molecule has 0 aliphatic carbocycles. The molecule has 7 nitrogen and oxygen atoms in total. The summed E-state index contributed by atoms with van der Waals surface area (Å²) in [5.41, 5.74) is 5.88. The molecule has 1 aliphatic heterocycles. The molecule has 1 saturated heterocycles. The summed E-state index contributed by atoms with van der Waals surface area (Å²) in [6, 6.07) is 21.1. The predicted octanol–water partition coefficient (Wildman–Crippen LogP) is 6.15. The lowest BCUT2D eigenvalue weighted by Crippen LogP contribution is -2.34. The van der Waals surface area contributed by atoms with Gasteiger partial charge in [-0.05, 0) is 86.8 Å². The molecule has 5 rings (SSSR count). The van der Waals surface area contributed by atoms with Crippen molar-refractivity contribution in [2.24, 2.45) is 0 Å². The van der Waals surface area contributed by atoms with E-state index in [9.17, 15) is 4.79 Å². The summed E-state index contributed by atoms with van der Waals surface area (Å²) in [6.45, 7) is 6.28. The van der Waals surface area contributed by atoms with Gasteiger partial charge in [-0.1, -0.05) is 24.3 Å². The predicted molar refractivity (Wildman–Crippen MR) is 146 cm³/mol. The molecule has 0 radical (unpaired) electrons. The Kier molecular flexibility index (Phi) is 7.14. The van der Waals surface area contributed by atoms with Gasteiger partial charge < -0.3 is 20.0 Å². The van der Waals surface area contributed by atoms with Crippen molar-refractivity contribution in [3.63, 3.8) is 0 Å². The molecule has 0 unspecified atom stereocenters. The number of hydrogen-bond donors (Lipinski definition) is 2. The Morgan fingerprint density at radius 1 is 1.08 bits per heavy atom. The highest BCUT2D eigenvalue weighted by Crippen LogP contribution is 2.27. The number of carbonyl (C=O) groups is 1. The van der Waals surface area contributed by atoms with Gasteiger partial charge in [0.05, 0.1) is 12.0 Å². The van der Waals surface area contributed by atoms with Crippen LogP contribution in [0.3, 0.4) is 0 Å². The number of aromatic nitrogens is 2. The van der Waals surface area contributed by atoms with Crippen LogP contribution in [0.1, 0.15) is 40.0 Å². The minimum absolute atomic E-state index is 0.206. The third-order valence-corrected chi connectivity index (χ3v) is 6.44. The average Bonchev–Trinajstić information content (AvgIpc) is 3.32. The molecule has 1 aromatic heterocycles. The first-order valence-electron chi connectivity index (χ1n) is 12.5. The number of carbonyl (C=O) groups excluding carboxylic acids is 1. The molecule has 0 bridgehead atoms. The molecule has 0 spiro atoms. The quantitative estimate of drug-likeness (QED) is 0.323. The molecule has 2 heterocycles. The largest absolute Gasteiger partial charge is 0.457 e. The van der Waals surface area contributed by atoms with Crippen LogP contribution in [0.4, 0.5) is 5.69 Å². The second-order valence-corrected chi connectivity index (χ2v) is 9.58. The number of anilines is 1. The summed E-state index contributed by atoms with van der Waals surface area (Å²) in [6.07, 6.45) is 5.63. The minimum Gasteiger partial charge on any atom is -0.457 e. The van der Waals surface area contributed by atoms with Crippen LogP contribution in [0, 0.1) is 19.3 Å². The van der Waals surface area contributed by atoms with Gasteiger partial charge in [-0.25, -0.2) is 4.98 Å². The van der Waals surface area contributed by atoms with Crippen molar-refractivity contribution in [1.82, 2.24) is 14.5 Å². The third-order valence-electron chi connectivity index (χ3n) is 6.44. The Labute approximate surface area is 217 Å². The average molecular weight is 494 g/mol. The first kappa shape index (κ1) is 24.5. The van der Waals surface area contributed by atoms with Gasteiger partial charge in [-0.3, -0.25) is 9.69 Å². The normalized spacial score (nSPS) is 13.9. The number of rotatable bonds is 7. The zero-order valence-electron chi connectivity index (χ0n) is 21.2. The topological polar surface area (TPSA) is 83.2 Å². The number of aryl methyl sites for hydroxylation is 2. The molecule has 2 N–H and O–H groups in total. The molecular weight excluding hydrogens is 462 g/mol. The summed E-state index contributed by atoms with van der Waals surface area (Å²) >= 11 is 0. The monoisotopic (exact) mass is 493 g/mol. The molecule has 1 amide bonds. The lowest BCUT2D eigenvalue weighted by Gasteiger charge is -2.27. The highest BCUT2D eigenvalue weighted by molar-refractivity contribution is 6.04. The smallest absolute Gasteiger partial charge is 0.255 e. The number of likely N-dealkylation sites (tertiary alicyclic amines) is 1. The minimum atomic E-state index is -0.206. The lowest BCUT2D eigenvalue weighted by atomic mass is 10.1. The molecular formula is C30H31N5O2. The van der Waals surface area contributed by atoms with E-state index in [2.05, 4.69) is 21.3 Å². The van der Waals surface area contributed by atoms with Crippen LogP contribution >= 0.6 is 0 Å². The summed E-state index contributed by atoms with van der Waals surface area (Å²) < 4.78 is 7.99. The molecule has 188 valence electrons. The van der Waals surface area contributed by atoms with Crippen molar-refractivity contribution in [2.45, 2.75) is 33.2 Å². The number of imidazole rings is 1. The zero-order chi connectivity index (χ0) is 25.8. The van der Waals surface area contributed by atoms with Crippen LogP contribution in [0.5, 0.6) is 11.5 Å². The Balaban J connectivity index is 1.40. The number of nitrogens with one attached hydrogen (secondary N) is 2. The van der Waals surface area contributed by atoms with E-state index in [4.69, 9.17) is 10.1 Å². The number of benzene rings is 3. The number of amides is 1. The summed E-state index contributed by atoms with van der Waals surface area (Å²) in [5, 5.41) is 11.2. The second-order valence-electron chi connectivity index (χ2n) is 9.58. The Morgan fingerprint density at radius 2 is 1.92 bits per heavy atom. The number of ether oxygens (including phenoxy) is 1. The Hall–Kier alpha value is -4.23. The fraction of sp³-hybridized carbons (Fsp3) is 0.233. The number of para-hydroxylation sites is 1. The zero-order valence-corrected chi connectivity index (χ0v) is 21.2. The van der Waals surface area contributed by atoms with Crippen LogP contribution < -0.4 is 10.1 Å². The third kappa shape index (κ3) is 6.13. The summed E-state index contributed by atoms with van der Waals surface area (Å²) in [5.74, 6) is 1.17. The molecule has 7 heteroatoms. The van der Waals surface area contributed by atoms with E-state index in [-0.39, 0.29) is 5.91 Å². The summed E-state index contributed by atoms with van der Waals surface area (Å²) in [4.78, 5) is 19.9.